The van der Waals surface area contributed by atoms with E-state index in [1.807, 2.05) is 7.05 Å². The zero-order valence-corrected chi connectivity index (χ0v) is 10.9. The Hall–Kier alpha value is -0.290. The van der Waals surface area contributed by atoms with E-state index in [0.29, 0.717) is 5.92 Å². The summed E-state index contributed by atoms with van der Waals surface area (Å²) in [5.74, 6) is 1.48. The molecule has 1 N–H and O–H groups in total. The molecule has 2 nitrogen and oxygen atoms in total. The Bertz CT molecular complexity index is 282. The highest BCUT2D eigenvalue weighted by Crippen LogP contribution is 2.57. The molecule has 0 aromatic heterocycles. The van der Waals surface area contributed by atoms with Crippen LogP contribution in [0.25, 0.3) is 0 Å². The Labute approximate surface area is 106 Å². The zero-order valence-electron chi connectivity index (χ0n) is 10.9. The van der Waals surface area contributed by atoms with Crippen molar-refractivity contribution in [1.29, 1.82) is 0 Å². The molecule has 2 aliphatic carbocycles. The van der Waals surface area contributed by atoms with E-state index < -0.39 is 12.8 Å². The first-order valence-electron chi connectivity index (χ1n) is 6.74. The van der Waals surface area contributed by atoms with Crippen molar-refractivity contribution in [3.05, 3.63) is 0 Å². The molecule has 2 aliphatic rings. The summed E-state index contributed by atoms with van der Waals surface area (Å²) in [5, 5.41) is 3.21. The first kappa shape index (κ1) is 14.1. The van der Waals surface area contributed by atoms with Crippen LogP contribution in [0.1, 0.15) is 32.1 Å². The molecule has 5 heteroatoms. The third-order valence-corrected chi connectivity index (χ3v) is 4.64. The summed E-state index contributed by atoms with van der Waals surface area (Å²) in [6.45, 7) is 0.0185. The quantitative estimate of drug-likeness (QED) is 0.745. The number of nitrogens with one attached hydrogen (secondary N) is 1. The highest BCUT2D eigenvalue weighted by atomic mass is 19.4. The van der Waals surface area contributed by atoms with Crippen LogP contribution in [0.15, 0.2) is 0 Å². The van der Waals surface area contributed by atoms with Gasteiger partial charge in [0.25, 0.3) is 0 Å². The van der Waals surface area contributed by atoms with Crippen LogP contribution in [-0.2, 0) is 4.74 Å². The predicted molar refractivity (Wildman–Crippen MR) is 63.3 cm³/mol. The van der Waals surface area contributed by atoms with Crippen molar-refractivity contribution in [1.82, 2.24) is 5.32 Å². The van der Waals surface area contributed by atoms with Gasteiger partial charge in [-0.25, -0.2) is 0 Å². The average Bonchev–Trinajstić information content (AvgIpc) is 2.84. The summed E-state index contributed by atoms with van der Waals surface area (Å²) in [6.07, 6.45) is 1.52. The molecular weight excluding hydrogens is 243 g/mol. The van der Waals surface area contributed by atoms with Gasteiger partial charge in [-0.2, -0.15) is 13.2 Å². The van der Waals surface area contributed by atoms with Crippen LogP contribution in [0.2, 0.25) is 0 Å². The van der Waals surface area contributed by atoms with Crippen molar-refractivity contribution in [2.24, 2.45) is 17.3 Å². The third kappa shape index (κ3) is 3.18. The molecule has 0 heterocycles. The van der Waals surface area contributed by atoms with Crippen LogP contribution >= 0.6 is 0 Å². The number of fused-ring (bicyclic) bond motifs is 2. The van der Waals surface area contributed by atoms with Gasteiger partial charge in [0.1, 0.15) is 6.61 Å². The fourth-order valence-electron chi connectivity index (χ4n) is 3.98. The second kappa shape index (κ2) is 5.37. The average molecular weight is 265 g/mol. The first-order valence-corrected chi connectivity index (χ1v) is 6.74. The SMILES string of the molecule is CNCC1(CCOCC(F)(F)F)CC2CCC1C2. The highest BCUT2D eigenvalue weighted by molar-refractivity contribution is 5.01. The molecular formula is C13H22F3NO. The summed E-state index contributed by atoms with van der Waals surface area (Å²) >= 11 is 0. The molecule has 0 spiro atoms. The molecule has 3 unspecified atom stereocenters. The molecule has 0 radical (unpaired) electrons. The van der Waals surface area contributed by atoms with Gasteiger partial charge in [0, 0.05) is 13.2 Å². The third-order valence-electron chi connectivity index (χ3n) is 4.64. The summed E-state index contributed by atoms with van der Waals surface area (Å²) in [7, 11) is 1.92. The Morgan fingerprint density at radius 2 is 2.11 bits per heavy atom. The lowest BCUT2D eigenvalue weighted by Gasteiger charge is -2.38. The van der Waals surface area contributed by atoms with Gasteiger partial charge in [-0.3, -0.25) is 0 Å². The van der Waals surface area contributed by atoms with E-state index in [9.17, 15) is 13.2 Å². The standard InChI is InChI=1S/C13H22F3NO/c1-17-8-12(4-5-18-9-13(14,15)16)7-10-2-3-11(12)6-10/h10-11,17H,2-9H2,1H3. The van der Waals surface area contributed by atoms with Crippen molar-refractivity contribution < 1.29 is 17.9 Å². The van der Waals surface area contributed by atoms with Crippen LogP contribution in [-0.4, -0.2) is 33.0 Å². The van der Waals surface area contributed by atoms with Crippen LogP contribution in [0.3, 0.4) is 0 Å². The van der Waals surface area contributed by atoms with Gasteiger partial charge in [-0.15, -0.1) is 0 Å². The molecule has 18 heavy (non-hydrogen) atoms. The molecule has 2 fully saturated rings. The fourth-order valence-corrected chi connectivity index (χ4v) is 3.98. The fraction of sp³-hybridized carbons (Fsp3) is 1.00. The second-order valence-corrected chi connectivity index (χ2v) is 5.89. The van der Waals surface area contributed by atoms with E-state index in [2.05, 4.69) is 5.32 Å². The molecule has 0 aromatic carbocycles. The van der Waals surface area contributed by atoms with Crippen molar-refractivity contribution in [2.75, 3.05) is 26.8 Å². The number of hydrogen-bond acceptors (Lipinski definition) is 2. The Morgan fingerprint density at radius 3 is 2.61 bits per heavy atom. The van der Waals surface area contributed by atoms with E-state index in [1.165, 1.54) is 19.3 Å². The van der Waals surface area contributed by atoms with Gasteiger partial charge in [0.05, 0.1) is 0 Å². The Balaban J connectivity index is 1.81. The lowest BCUT2D eigenvalue weighted by Crippen LogP contribution is -2.38. The smallest absolute Gasteiger partial charge is 0.372 e. The molecule has 0 saturated heterocycles. The normalized spacial score (nSPS) is 35.3. The zero-order chi connectivity index (χ0) is 13.2. The van der Waals surface area contributed by atoms with Gasteiger partial charge in [-0.1, -0.05) is 6.42 Å². The van der Waals surface area contributed by atoms with E-state index in [4.69, 9.17) is 4.74 Å². The molecule has 0 aromatic rings. The number of alkyl halides is 3. The van der Waals surface area contributed by atoms with Crippen LogP contribution in [0, 0.1) is 17.3 Å². The van der Waals surface area contributed by atoms with Gasteiger partial charge in [-0.05, 0) is 50.0 Å². The molecule has 0 aliphatic heterocycles. The largest absolute Gasteiger partial charge is 0.411 e. The summed E-state index contributed by atoms with van der Waals surface area (Å²) in [4.78, 5) is 0. The lowest BCUT2D eigenvalue weighted by atomic mass is 9.71. The van der Waals surface area contributed by atoms with Crippen molar-refractivity contribution in [2.45, 2.75) is 38.3 Å². The summed E-state index contributed by atoms with van der Waals surface area (Å²) < 4.78 is 40.8. The summed E-state index contributed by atoms with van der Waals surface area (Å²) in [5.41, 5.74) is 0.184. The van der Waals surface area contributed by atoms with Crippen molar-refractivity contribution in [3.63, 3.8) is 0 Å². The number of hydrogen-bond donors (Lipinski definition) is 1. The maximum absolute atomic E-state index is 12.0. The van der Waals surface area contributed by atoms with Gasteiger partial charge in [0.2, 0.25) is 0 Å². The minimum Gasteiger partial charge on any atom is -0.372 e. The first-order chi connectivity index (χ1) is 8.45. The van der Waals surface area contributed by atoms with Gasteiger partial charge < -0.3 is 10.1 Å². The lowest BCUT2D eigenvalue weighted by molar-refractivity contribution is -0.175. The Morgan fingerprint density at radius 1 is 1.33 bits per heavy atom. The predicted octanol–water partition coefficient (Wildman–Crippen LogP) is 2.98. The molecule has 2 rings (SSSR count). The monoisotopic (exact) mass is 265 g/mol. The van der Waals surface area contributed by atoms with Crippen LogP contribution in [0.5, 0.6) is 0 Å². The number of ether oxygens (including phenoxy) is 1. The topological polar surface area (TPSA) is 21.3 Å². The molecule has 0 amide bonds. The van der Waals surface area contributed by atoms with E-state index in [-0.39, 0.29) is 12.0 Å². The second-order valence-electron chi connectivity index (χ2n) is 5.89. The van der Waals surface area contributed by atoms with Crippen molar-refractivity contribution >= 4 is 0 Å². The summed E-state index contributed by atoms with van der Waals surface area (Å²) in [6, 6.07) is 0. The van der Waals surface area contributed by atoms with Crippen LogP contribution < -0.4 is 5.32 Å². The van der Waals surface area contributed by atoms with E-state index in [0.717, 1.165) is 25.3 Å². The van der Waals surface area contributed by atoms with Gasteiger partial charge in [0.15, 0.2) is 0 Å². The Kier molecular flexibility index (Phi) is 4.22. The number of rotatable bonds is 6. The maximum atomic E-state index is 12.0. The highest BCUT2D eigenvalue weighted by Gasteiger charge is 2.49. The molecule has 106 valence electrons. The van der Waals surface area contributed by atoms with Gasteiger partial charge >= 0.3 is 6.18 Å². The maximum Gasteiger partial charge on any atom is 0.411 e. The number of halogens is 3. The minimum absolute atomic E-state index is 0.184. The molecule has 2 saturated carbocycles. The van der Waals surface area contributed by atoms with E-state index in [1.54, 1.807) is 0 Å². The van der Waals surface area contributed by atoms with Crippen molar-refractivity contribution in [3.8, 4) is 0 Å². The van der Waals surface area contributed by atoms with E-state index >= 15 is 0 Å². The minimum atomic E-state index is -4.20. The van der Waals surface area contributed by atoms with Crippen LogP contribution in [0.4, 0.5) is 13.2 Å². The molecule has 2 bridgehead atoms. The molecule has 3 atom stereocenters.